The summed E-state index contributed by atoms with van der Waals surface area (Å²) >= 11 is 0. The number of anilines is 3. The molecule has 8 heteroatoms. The second kappa shape index (κ2) is 8.72. The molecule has 2 aliphatic heterocycles. The molecule has 0 amide bonds. The molecule has 7 nitrogen and oxygen atoms in total. The zero-order valence-electron chi connectivity index (χ0n) is 19.6. The molecule has 0 bridgehead atoms. The first kappa shape index (κ1) is 22.3. The highest BCUT2D eigenvalue weighted by atomic mass is 19.1. The Labute approximate surface area is 194 Å². The monoisotopic (exact) mass is 455 g/mol. The number of hydrogen-bond donors (Lipinski definition) is 3. The van der Waals surface area contributed by atoms with Crippen molar-refractivity contribution < 1.29 is 14.2 Å². The van der Waals surface area contributed by atoms with Crippen LogP contribution in [0.3, 0.4) is 0 Å². The zero-order valence-corrected chi connectivity index (χ0v) is 19.6. The van der Waals surface area contributed by atoms with E-state index in [4.69, 9.17) is 4.74 Å². The SMILES string of the molecule is Cc1cc(Nc2ncc(F)c(NC3CCN4C(CCC4(C)C)C3)n2)ccc1OC1CC(O)C1. The molecule has 178 valence electrons. The van der Waals surface area contributed by atoms with Gasteiger partial charge in [0.25, 0.3) is 0 Å². The van der Waals surface area contributed by atoms with E-state index in [9.17, 15) is 9.50 Å². The Balaban J connectivity index is 1.22. The number of fused-ring (bicyclic) bond motifs is 1. The van der Waals surface area contributed by atoms with Crippen LogP contribution >= 0.6 is 0 Å². The predicted octanol–water partition coefficient (Wildman–Crippen LogP) is 4.39. The highest BCUT2D eigenvalue weighted by Gasteiger charge is 2.42. The molecule has 2 aromatic rings. The Morgan fingerprint density at radius 3 is 2.79 bits per heavy atom. The summed E-state index contributed by atoms with van der Waals surface area (Å²) in [6, 6.07) is 6.53. The van der Waals surface area contributed by atoms with E-state index in [-0.39, 0.29) is 29.6 Å². The van der Waals surface area contributed by atoms with Crippen molar-refractivity contribution in [2.45, 2.75) is 89.1 Å². The lowest BCUT2D eigenvalue weighted by molar-refractivity contribution is -0.0110. The van der Waals surface area contributed by atoms with Crippen molar-refractivity contribution >= 4 is 17.5 Å². The summed E-state index contributed by atoms with van der Waals surface area (Å²) in [5.74, 6) is 0.982. The lowest BCUT2D eigenvalue weighted by atomic mass is 9.92. The standard InChI is InChI=1S/C25H34FN5O2/c1-15-10-16(4-5-22(15)33-20-12-19(32)13-20)29-24-27-14-21(26)23(30-24)28-17-7-9-31-18(11-17)6-8-25(31,2)3/h4-5,10,14,17-20,32H,6-9,11-13H2,1-3H3,(H2,27,28,29,30). The summed E-state index contributed by atoms with van der Waals surface area (Å²) in [6.45, 7) is 7.65. The van der Waals surface area contributed by atoms with Crippen LogP contribution in [-0.4, -0.2) is 56.3 Å². The number of hydrogen-bond acceptors (Lipinski definition) is 7. The minimum absolute atomic E-state index is 0.0775. The summed E-state index contributed by atoms with van der Waals surface area (Å²) in [5, 5.41) is 16.0. The van der Waals surface area contributed by atoms with Crippen LogP contribution in [-0.2, 0) is 0 Å². The van der Waals surface area contributed by atoms with Gasteiger partial charge in [0, 0.05) is 42.7 Å². The van der Waals surface area contributed by atoms with Crippen LogP contribution in [0.2, 0.25) is 0 Å². The first-order valence-corrected chi connectivity index (χ1v) is 12.0. The van der Waals surface area contributed by atoms with E-state index in [1.165, 1.54) is 19.0 Å². The molecule has 1 aromatic heterocycles. The fourth-order valence-corrected chi connectivity index (χ4v) is 5.44. The summed E-state index contributed by atoms with van der Waals surface area (Å²) in [7, 11) is 0. The Hall–Kier alpha value is -2.45. The molecular weight excluding hydrogens is 421 g/mol. The summed E-state index contributed by atoms with van der Waals surface area (Å²) in [5.41, 5.74) is 2.06. The number of piperidine rings is 1. The maximum Gasteiger partial charge on any atom is 0.229 e. The molecular formula is C25H34FN5O2. The second-order valence-corrected chi connectivity index (χ2v) is 10.4. The number of aromatic nitrogens is 2. The summed E-state index contributed by atoms with van der Waals surface area (Å²) in [6.07, 6.45) is 6.81. The van der Waals surface area contributed by atoms with Gasteiger partial charge >= 0.3 is 0 Å². The summed E-state index contributed by atoms with van der Waals surface area (Å²) in [4.78, 5) is 11.2. The normalized spacial score (nSPS) is 28.6. The third-order valence-electron chi connectivity index (χ3n) is 7.46. The fraction of sp³-hybridized carbons (Fsp3) is 0.600. The van der Waals surface area contributed by atoms with E-state index in [1.807, 2.05) is 25.1 Å². The number of halogens is 1. The third kappa shape index (κ3) is 4.77. The molecule has 0 spiro atoms. The molecule has 33 heavy (non-hydrogen) atoms. The molecule has 0 radical (unpaired) electrons. The van der Waals surface area contributed by atoms with E-state index < -0.39 is 5.82 Å². The van der Waals surface area contributed by atoms with Crippen molar-refractivity contribution in [1.29, 1.82) is 0 Å². The van der Waals surface area contributed by atoms with Crippen LogP contribution in [0.1, 0.15) is 57.9 Å². The number of aliphatic hydroxyl groups is 1. The maximum absolute atomic E-state index is 14.5. The molecule has 5 rings (SSSR count). The van der Waals surface area contributed by atoms with Crippen molar-refractivity contribution in [2.75, 3.05) is 17.2 Å². The highest BCUT2D eigenvalue weighted by molar-refractivity contribution is 5.58. The van der Waals surface area contributed by atoms with Crippen LogP contribution in [0.5, 0.6) is 5.75 Å². The van der Waals surface area contributed by atoms with Crippen LogP contribution in [0.15, 0.2) is 24.4 Å². The van der Waals surface area contributed by atoms with Gasteiger partial charge in [0.15, 0.2) is 11.6 Å². The minimum Gasteiger partial charge on any atom is -0.490 e. The van der Waals surface area contributed by atoms with Crippen molar-refractivity contribution in [3.8, 4) is 5.75 Å². The number of ether oxygens (including phenoxy) is 1. The molecule has 3 fully saturated rings. The van der Waals surface area contributed by atoms with Crippen molar-refractivity contribution in [2.24, 2.45) is 0 Å². The largest absolute Gasteiger partial charge is 0.490 e. The van der Waals surface area contributed by atoms with E-state index in [1.54, 1.807) is 0 Å². The van der Waals surface area contributed by atoms with Gasteiger partial charge in [-0.15, -0.1) is 0 Å². The number of benzene rings is 1. The van der Waals surface area contributed by atoms with Gasteiger partial charge in [0.2, 0.25) is 5.95 Å². The lowest BCUT2D eigenvalue weighted by Crippen LogP contribution is -2.50. The van der Waals surface area contributed by atoms with E-state index in [0.717, 1.165) is 36.4 Å². The zero-order chi connectivity index (χ0) is 23.2. The first-order valence-electron chi connectivity index (χ1n) is 12.0. The minimum atomic E-state index is -0.433. The summed E-state index contributed by atoms with van der Waals surface area (Å²) < 4.78 is 20.4. The van der Waals surface area contributed by atoms with Gasteiger partial charge in [-0.3, -0.25) is 4.90 Å². The van der Waals surface area contributed by atoms with Gasteiger partial charge in [-0.05, 0) is 70.2 Å². The van der Waals surface area contributed by atoms with E-state index >= 15 is 0 Å². The Kier molecular flexibility index (Phi) is 5.91. The van der Waals surface area contributed by atoms with Gasteiger partial charge in [0.1, 0.15) is 11.9 Å². The number of aliphatic hydroxyl groups excluding tert-OH is 1. The molecule has 3 N–H and O–H groups in total. The lowest BCUT2D eigenvalue weighted by Gasteiger charge is -2.42. The predicted molar refractivity (Wildman–Crippen MR) is 127 cm³/mol. The molecule has 2 unspecified atom stereocenters. The van der Waals surface area contributed by atoms with Crippen molar-refractivity contribution in [3.05, 3.63) is 35.8 Å². The average molecular weight is 456 g/mol. The number of rotatable bonds is 6. The van der Waals surface area contributed by atoms with E-state index in [2.05, 4.69) is 39.3 Å². The number of aryl methyl sites for hydroxylation is 1. The van der Waals surface area contributed by atoms with Gasteiger partial charge in [-0.1, -0.05) is 0 Å². The molecule has 2 atom stereocenters. The van der Waals surface area contributed by atoms with E-state index in [0.29, 0.717) is 24.8 Å². The molecule has 1 aliphatic carbocycles. The molecule has 1 aromatic carbocycles. The highest BCUT2D eigenvalue weighted by Crippen LogP contribution is 2.39. The molecule has 2 saturated heterocycles. The van der Waals surface area contributed by atoms with Crippen LogP contribution in [0, 0.1) is 12.7 Å². The Morgan fingerprint density at radius 1 is 1.21 bits per heavy atom. The second-order valence-electron chi connectivity index (χ2n) is 10.4. The van der Waals surface area contributed by atoms with Gasteiger partial charge < -0.3 is 20.5 Å². The average Bonchev–Trinajstić information content (AvgIpc) is 3.05. The van der Waals surface area contributed by atoms with Crippen molar-refractivity contribution in [3.63, 3.8) is 0 Å². The third-order valence-corrected chi connectivity index (χ3v) is 7.46. The Morgan fingerprint density at radius 2 is 2.03 bits per heavy atom. The van der Waals surface area contributed by atoms with Crippen LogP contribution in [0.25, 0.3) is 0 Å². The maximum atomic E-state index is 14.5. The van der Waals surface area contributed by atoms with Gasteiger partial charge in [-0.2, -0.15) is 4.98 Å². The quantitative estimate of drug-likeness (QED) is 0.596. The van der Waals surface area contributed by atoms with Gasteiger partial charge in [0.05, 0.1) is 12.3 Å². The topological polar surface area (TPSA) is 82.5 Å². The Bertz CT molecular complexity index is 1010. The number of nitrogens with one attached hydrogen (secondary N) is 2. The van der Waals surface area contributed by atoms with Crippen LogP contribution < -0.4 is 15.4 Å². The smallest absolute Gasteiger partial charge is 0.229 e. The number of nitrogens with zero attached hydrogens (tertiary/aromatic N) is 3. The van der Waals surface area contributed by atoms with Crippen molar-refractivity contribution in [1.82, 2.24) is 14.9 Å². The van der Waals surface area contributed by atoms with Gasteiger partial charge in [-0.25, -0.2) is 9.37 Å². The fourth-order valence-electron chi connectivity index (χ4n) is 5.44. The molecule has 1 saturated carbocycles. The molecule has 3 heterocycles. The first-order chi connectivity index (χ1) is 15.8. The van der Waals surface area contributed by atoms with Crippen LogP contribution in [0.4, 0.5) is 21.8 Å². The molecule has 3 aliphatic rings.